The lowest BCUT2D eigenvalue weighted by molar-refractivity contribution is -0.141. The molecule has 67 heavy (non-hydrogen) atoms. The summed E-state index contributed by atoms with van der Waals surface area (Å²) in [5.74, 6) is -1.53. The van der Waals surface area contributed by atoms with Gasteiger partial charge in [-0.15, -0.1) is 0 Å². The van der Waals surface area contributed by atoms with E-state index in [1.165, 1.54) is 33.5 Å². The molecule has 0 saturated carbocycles. The summed E-state index contributed by atoms with van der Waals surface area (Å²) in [5, 5.41) is 18.3. The fourth-order valence-electron chi connectivity index (χ4n) is 7.74. The highest BCUT2D eigenvalue weighted by Gasteiger charge is 2.52. The maximum absolute atomic E-state index is 12.7. The van der Waals surface area contributed by atoms with E-state index in [4.69, 9.17) is 23.5 Å². The average molecular weight is 1030 g/mol. The zero-order valence-electron chi connectivity index (χ0n) is 37.3. The van der Waals surface area contributed by atoms with Gasteiger partial charge >= 0.3 is 32.8 Å². The van der Waals surface area contributed by atoms with Gasteiger partial charge in [-0.05, 0) is 98.8 Å². The Labute approximate surface area is 388 Å². The standard InChI is InChI=1S/C18H23BF3NO4.C12H13BF3NO4.C12H11BrF3NO2/c1-16(2)17(3,4)27-19(26-16)12-8-11-6-7-23(10-18(20,21)22)15(24)14(11)13(9-12)25-5;1-21-9-5-8(13(19)20)4-7-2-3-17(6-12(14,15)16)11(18)10(7)9;1-19-9-5-8(13)4-7-2-3-17(6-12(14,15)16)11(18)10(7)9/h8-9H,6-7,10H2,1-5H3;4-5,19-20H,2-3,6H2,1H3;4-5H,2-3,6H2,1H3. The number of alkyl halides is 9. The topological polar surface area (TPSA) is 148 Å². The van der Waals surface area contributed by atoms with Gasteiger partial charge < -0.3 is 48.3 Å². The number of carbonyl (C=O) groups is 3. The Bertz CT molecular complexity index is 2280. The Kier molecular flexibility index (Phi) is 16.0. The van der Waals surface area contributed by atoms with E-state index in [0.29, 0.717) is 45.6 Å². The maximum atomic E-state index is 12.7. The van der Waals surface area contributed by atoms with Gasteiger partial charge in [-0.3, -0.25) is 14.4 Å². The summed E-state index contributed by atoms with van der Waals surface area (Å²) in [6.07, 6.45) is -12.4. The van der Waals surface area contributed by atoms with Crippen molar-refractivity contribution in [3.8, 4) is 17.2 Å². The van der Waals surface area contributed by atoms with Gasteiger partial charge in [0.05, 0.1) is 49.2 Å². The van der Waals surface area contributed by atoms with E-state index in [1.54, 1.807) is 24.3 Å². The van der Waals surface area contributed by atoms with Crippen molar-refractivity contribution in [1.82, 2.24) is 14.7 Å². The molecule has 0 spiro atoms. The van der Waals surface area contributed by atoms with Crippen LogP contribution in [0.3, 0.4) is 0 Å². The number of fused-ring (bicyclic) bond motifs is 3. The molecule has 1 fully saturated rings. The van der Waals surface area contributed by atoms with Gasteiger partial charge in [0.1, 0.15) is 36.9 Å². The second kappa shape index (κ2) is 20.1. The molecule has 0 aliphatic carbocycles. The number of rotatable bonds is 8. The van der Waals surface area contributed by atoms with Gasteiger partial charge in [0, 0.05) is 24.1 Å². The zero-order chi connectivity index (χ0) is 50.2. The molecule has 0 radical (unpaired) electrons. The molecule has 2 N–H and O–H groups in total. The number of methoxy groups -OCH3 is 3. The van der Waals surface area contributed by atoms with Crippen LogP contribution in [0.5, 0.6) is 17.2 Å². The van der Waals surface area contributed by atoms with Crippen LogP contribution < -0.4 is 25.1 Å². The Hall–Kier alpha value is -4.71. The van der Waals surface area contributed by atoms with Gasteiger partial charge in [-0.25, -0.2) is 0 Å². The van der Waals surface area contributed by atoms with Gasteiger partial charge in [0.15, 0.2) is 0 Å². The summed E-state index contributed by atoms with van der Waals surface area (Å²) >= 11 is 3.28. The highest BCUT2D eigenvalue weighted by molar-refractivity contribution is 9.10. The van der Waals surface area contributed by atoms with Gasteiger partial charge in [0.2, 0.25) is 0 Å². The third-order valence-electron chi connectivity index (χ3n) is 11.6. The molecule has 13 nitrogen and oxygen atoms in total. The predicted octanol–water partition coefficient (Wildman–Crippen LogP) is 5.51. The van der Waals surface area contributed by atoms with Crippen LogP contribution in [0.15, 0.2) is 40.9 Å². The van der Waals surface area contributed by atoms with Crippen LogP contribution in [-0.4, -0.2) is 147 Å². The Morgan fingerprint density at radius 2 is 0.940 bits per heavy atom. The molecule has 3 aromatic rings. The number of carbonyl (C=O) groups excluding carboxylic acids is 3. The van der Waals surface area contributed by atoms with Crippen LogP contribution in [0.2, 0.25) is 0 Å². The van der Waals surface area contributed by atoms with Crippen LogP contribution >= 0.6 is 15.9 Å². The lowest BCUT2D eigenvalue weighted by Gasteiger charge is -2.32. The first-order valence-corrected chi connectivity index (χ1v) is 21.3. The van der Waals surface area contributed by atoms with Crippen molar-refractivity contribution in [1.29, 1.82) is 0 Å². The lowest BCUT2D eigenvalue weighted by Crippen LogP contribution is -2.44. The molecule has 3 amide bonds. The minimum atomic E-state index is -4.47. The SMILES string of the molecule is COc1cc(B(O)O)cc2c1C(=O)N(CC(F)(F)F)CC2.COc1cc(B2OC(C)(C)C(C)(C)O2)cc2c1C(=O)N(CC(F)(F)F)CC2.COc1cc(Br)cc2c1C(=O)N(CC(F)(F)F)CC2. The van der Waals surface area contributed by atoms with E-state index in [2.05, 4.69) is 15.9 Å². The molecule has 0 aromatic heterocycles. The van der Waals surface area contributed by atoms with Crippen LogP contribution in [0.25, 0.3) is 0 Å². The molecule has 4 aliphatic heterocycles. The van der Waals surface area contributed by atoms with Crippen LogP contribution in [0.1, 0.15) is 75.5 Å². The predicted molar refractivity (Wildman–Crippen MR) is 229 cm³/mol. The smallest absolute Gasteiger partial charge is 0.494 e. The molecule has 4 heterocycles. The molecular weight excluding hydrogens is 979 g/mol. The largest absolute Gasteiger partial charge is 0.496 e. The number of benzene rings is 3. The van der Waals surface area contributed by atoms with E-state index in [-0.39, 0.29) is 59.7 Å². The van der Waals surface area contributed by atoms with E-state index in [1.807, 2.05) is 27.7 Å². The molecule has 25 heteroatoms. The van der Waals surface area contributed by atoms with Gasteiger partial charge in [-0.2, -0.15) is 39.5 Å². The normalized spacial score (nSPS) is 17.7. The van der Waals surface area contributed by atoms with E-state index in [9.17, 15) is 63.9 Å². The summed E-state index contributed by atoms with van der Waals surface area (Å²) in [6.45, 7) is 3.88. The second-order valence-electron chi connectivity index (χ2n) is 16.9. The summed E-state index contributed by atoms with van der Waals surface area (Å²) in [7, 11) is 1.65. The molecular formula is C42H47B2BrF9N3O10. The first-order valence-electron chi connectivity index (χ1n) is 20.5. The highest BCUT2D eigenvalue weighted by atomic mass is 79.9. The van der Waals surface area contributed by atoms with Crippen molar-refractivity contribution >= 4 is 58.8 Å². The molecule has 4 aliphatic rings. The molecule has 3 aromatic carbocycles. The third-order valence-corrected chi connectivity index (χ3v) is 12.1. The van der Waals surface area contributed by atoms with Crippen molar-refractivity contribution in [3.63, 3.8) is 0 Å². The number of halogens is 10. The minimum Gasteiger partial charge on any atom is -0.496 e. The van der Waals surface area contributed by atoms with E-state index in [0.717, 1.165) is 14.3 Å². The zero-order valence-corrected chi connectivity index (χ0v) is 38.9. The number of hydrogen-bond acceptors (Lipinski definition) is 10. The van der Waals surface area contributed by atoms with Crippen LogP contribution in [0.4, 0.5) is 39.5 Å². The van der Waals surface area contributed by atoms with E-state index < -0.39 is 81.3 Å². The van der Waals surface area contributed by atoms with Crippen molar-refractivity contribution in [2.75, 3.05) is 60.6 Å². The van der Waals surface area contributed by atoms with Crippen molar-refractivity contribution in [2.24, 2.45) is 0 Å². The monoisotopic (exact) mass is 1030 g/mol. The van der Waals surface area contributed by atoms with Gasteiger partial charge in [-0.1, -0.05) is 28.1 Å². The number of amides is 3. The molecule has 0 unspecified atom stereocenters. The Morgan fingerprint density at radius 3 is 1.30 bits per heavy atom. The number of nitrogens with zero attached hydrogens (tertiary/aromatic N) is 3. The summed E-state index contributed by atoms with van der Waals surface area (Å²) < 4.78 is 141. The van der Waals surface area contributed by atoms with Crippen LogP contribution in [0, 0.1) is 0 Å². The fraction of sp³-hybridized carbons (Fsp3) is 0.500. The van der Waals surface area contributed by atoms with Gasteiger partial charge in [0.25, 0.3) is 17.7 Å². The molecule has 366 valence electrons. The summed E-state index contributed by atoms with van der Waals surface area (Å²) in [4.78, 5) is 39.2. The number of hydrogen-bond donors (Lipinski definition) is 2. The summed E-state index contributed by atoms with van der Waals surface area (Å²) in [5.41, 5.74) is 1.98. The van der Waals surface area contributed by atoms with Crippen molar-refractivity contribution < 1.29 is 87.5 Å². The lowest BCUT2D eigenvalue weighted by atomic mass is 9.76. The molecule has 0 atom stereocenters. The Morgan fingerprint density at radius 1 is 0.597 bits per heavy atom. The Balaban J connectivity index is 0.000000192. The second-order valence-corrected chi connectivity index (χ2v) is 17.8. The molecule has 7 rings (SSSR count). The van der Waals surface area contributed by atoms with Crippen molar-refractivity contribution in [3.05, 3.63) is 74.3 Å². The van der Waals surface area contributed by atoms with Crippen LogP contribution in [-0.2, 0) is 28.6 Å². The number of ether oxygens (including phenoxy) is 3. The summed E-state index contributed by atoms with van der Waals surface area (Å²) in [6, 6.07) is 9.32. The fourth-order valence-corrected chi connectivity index (χ4v) is 8.23. The first kappa shape index (κ1) is 53.2. The third kappa shape index (κ3) is 12.7. The minimum absolute atomic E-state index is 0.00131. The average Bonchev–Trinajstić information content (AvgIpc) is 3.44. The molecule has 0 bridgehead atoms. The first-order chi connectivity index (χ1) is 30.9. The van der Waals surface area contributed by atoms with Crippen molar-refractivity contribution in [2.45, 2.75) is 76.7 Å². The maximum Gasteiger partial charge on any atom is 0.494 e. The molecule has 1 saturated heterocycles. The van der Waals surface area contributed by atoms with E-state index >= 15 is 0 Å². The quantitative estimate of drug-likeness (QED) is 0.219. The highest BCUT2D eigenvalue weighted by Crippen LogP contribution is 2.38.